The number of halogens is 1. The van der Waals surface area contributed by atoms with E-state index >= 15 is 0 Å². The minimum atomic E-state index is -0.510. The normalized spacial score (nSPS) is 11.2. The summed E-state index contributed by atoms with van der Waals surface area (Å²) < 4.78 is 15.9. The lowest BCUT2D eigenvalue weighted by molar-refractivity contribution is -0.116. The molecule has 3 aromatic rings. The minimum Gasteiger partial charge on any atom is -0.325 e. The first-order valence-corrected chi connectivity index (χ1v) is 9.01. The number of nitrogens with one attached hydrogen (secondary N) is 1. The first kappa shape index (κ1) is 18.1. The van der Waals surface area contributed by atoms with Crippen LogP contribution in [0.4, 0.5) is 10.1 Å². The smallest absolute Gasteiger partial charge is 0.325 e. The molecule has 0 aliphatic carbocycles. The lowest BCUT2D eigenvalue weighted by Crippen LogP contribution is -2.42. The van der Waals surface area contributed by atoms with Gasteiger partial charge in [0.25, 0.3) is 5.56 Å². The Labute approximate surface area is 152 Å². The van der Waals surface area contributed by atoms with Crippen LogP contribution in [0.1, 0.15) is 13.8 Å². The molecule has 1 N–H and O–H groups in total. The zero-order valence-corrected chi connectivity index (χ0v) is 15.2. The molecule has 0 unspecified atom stereocenters. The van der Waals surface area contributed by atoms with Gasteiger partial charge in [-0.05, 0) is 41.6 Å². The predicted octanol–water partition coefficient (Wildman–Crippen LogP) is 2.66. The summed E-state index contributed by atoms with van der Waals surface area (Å²) in [6.07, 6.45) is 0. The molecule has 0 aliphatic heterocycles. The number of hydrogen-bond acceptors (Lipinski definition) is 4. The third-order valence-electron chi connectivity index (χ3n) is 3.81. The molecular weight excluding hydrogens is 357 g/mol. The maximum absolute atomic E-state index is 13.0. The van der Waals surface area contributed by atoms with E-state index in [2.05, 4.69) is 5.32 Å². The van der Waals surface area contributed by atoms with E-state index in [-0.39, 0.29) is 24.6 Å². The molecule has 8 heteroatoms. The summed E-state index contributed by atoms with van der Waals surface area (Å²) in [4.78, 5) is 37.7. The van der Waals surface area contributed by atoms with Crippen LogP contribution in [0.15, 0.2) is 45.3 Å². The average Bonchev–Trinajstić information content (AvgIpc) is 3.07. The maximum Gasteiger partial charge on any atom is 0.332 e. The molecular formula is C18H18FN3O3S. The summed E-state index contributed by atoms with van der Waals surface area (Å²) in [6, 6.07) is 7.02. The Morgan fingerprint density at radius 1 is 1.15 bits per heavy atom. The molecule has 0 saturated carbocycles. The molecule has 0 spiro atoms. The molecule has 0 bridgehead atoms. The van der Waals surface area contributed by atoms with Crippen molar-refractivity contribution in [1.29, 1.82) is 0 Å². The number of nitrogens with zero attached hydrogens (tertiary/aromatic N) is 2. The second-order valence-corrected chi connectivity index (χ2v) is 7.28. The summed E-state index contributed by atoms with van der Waals surface area (Å²) in [7, 11) is 0. The fourth-order valence-corrected chi connectivity index (χ4v) is 3.53. The van der Waals surface area contributed by atoms with Gasteiger partial charge in [0.2, 0.25) is 5.91 Å². The molecule has 0 saturated heterocycles. The fourth-order valence-electron chi connectivity index (χ4n) is 2.69. The van der Waals surface area contributed by atoms with Crippen molar-refractivity contribution in [2.24, 2.45) is 5.92 Å². The zero-order valence-electron chi connectivity index (χ0n) is 14.4. The van der Waals surface area contributed by atoms with Crippen LogP contribution < -0.4 is 16.6 Å². The van der Waals surface area contributed by atoms with E-state index in [1.165, 1.54) is 44.7 Å². The summed E-state index contributed by atoms with van der Waals surface area (Å²) >= 11 is 1.24. The van der Waals surface area contributed by atoms with Crippen LogP contribution >= 0.6 is 11.3 Å². The summed E-state index contributed by atoms with van der Waals surface area (Å²) in [5.41, 5.74) is 0.0357. The molecule has 2 aromatic heterocycles. The quantitative estimate of drug-likeness (QED) is 0.745. The van der Waals surface area contributed by atoms with Gasteiger partial charge in [0, 0.05) is 12.2 Å². The van der Waals surface area contributed by atoms with Gasteiger partial charge in [-0.1, -0.05) is 13.8 Å². The van der Waals surface area contributed by atoms with E-state index in [1.54, 1.807) is 11.4 Å². The van der Waals surface area contributed by atoms with Gasteiger partial charge in [-0.25, -0.2) is 9.18 Å². The Kier molecular flexibility index (Phi) is 5.03. The summed E-state index contributed by atoms with van der Waals surface area (Å²) in [6.45, 7) is 3.87. The van der Waals surface area contributed by atoms with Crippen LogP contribution in [0.2, 0.25) is 0 Å². The van der Waals surface area contributed by atoms with Gasteiger partial charge in [0.05, 0.1) is 5.52 Å². The topological polar surface area (TPSA) is 73.1 Å². The summed E-state index contributed by atoms with van der Waals surface area (Å²) in [5.74, 6) is -0.722. The summed E-state index contributed by atoms with van der Waals surface area (Å²) in [5, 5.41) is 4.35. The van der Waals surface area contributed by atoms with Crippen LogP contribution in [0, 0.1) is 11.7 Å². The third-order valence-corrected chi connectivity index (χ3v) is 4.71. The number of thiophene rings is 1. The monoisotopic (exact) mass is 375 g/mol. The third kappa shape index (κ3) is 3.60. The van der Waals surface area contributed by atoms with E-state index < -0.39 is 17.4 Å². The predicted molar refractivity (Wildman–Crippen MR) is 100 cm³/mol. The van der Waals surface area contributed by atoms with Crippen molar-refractivity contribution in [3.63, 3.8) is 0 Å². The lowest BCUT2D eigenvalue weighted by Gasteiger charge is -2.13. The Balaban J connectivity index is 1.97. The van der Waals surface area contributed by atoms with Crippen molar-refractivity contribution in [2.75, 3.05) is 5.32 Å². The highest BCUT2D eigenvalue weighted by Crippen LogP contribution is 2.16. The molecule has 2 heterocycles. The number of rotatable bonds is 5. The number of benzene rings is 1. The second kappa shape index (κ2) is 7.25. The number of anilines is 1. The molecule has 6 nitrogen and oxygen atoms in total. The maximum atomic E-state index is 13.0. The van der Waals surface area contributed by atoms with Gasteiger partial charge in [0.1, 0.15) is 17.1 Å². The van der Waals surface area contributed by atoms with Crippen LogP contribution in [0.3, 0.4) is 0 Å². The highest BCUT2D eigenvalue weighted by Gasteiger charge is 2.17. The van der Waals surface area contributed by atoms with Crippen molar-refractivity contribution in [2.45, 2.75) is 26.9 Å². The highest BCUT2D eigenvalue weighted by molar-refractivity contribution is 7.17. The number of aromatic nitrogens is 2. The van der Waals surface area contributed by atoms with Gasteiger partial charge < -0.3 is 5.32 Å². The minimum absolute atomic E-state index is 0.110. The molecule has 0 fully saturated rings. The fraction of sp³-hybridized carbons (Fsp3) is 0.278. The first-order chi connectivity index (χ1) is 12.4. The van der Waals surface area contributed by atoms with Gasteiger partial charge in [-0.3, -0.25) is 18.7 Å². The Morgan fingerprint density at radius 2 is 1.85 bits per heavy atom. The molecule has 3 rings (SSSR count). The Hall–Kier alpha value is -2.74. The van der Waals surface area contributed by atoms with E-state index in [0.717, 1.165) is 0 Å². The van der Waals surface area contributed by atoms with Crippen molar-refractivity contribution < 1.29 is 9.18 Å². The van der Waals surface area contributed by atoms with Crippen LogP contribution in [-0.4, -0.2) is 15.0 Å². The van der Waals surface area contributed by atoms with Crippen LogP contribution in [-0.2, 0) is 17.9 Å². The van der Waals surface area contributed by atoms with Crippen LogP contribution in [0.25, 0.3) is 10.2 Å². The van der Waals surface area contributed by atoms with E-state index in [9.17, 15) is 18.8 Å². The number of amides is 1. The number of carbonyl (C=O) groups is 1. The largest absolute Gasteiger partial charge is 0.332 e. The van der Waals surface area contributed by atoms with Crippen molar-refractivity contribution in [3.05, 3.63) is 62.4 Å². The van der Waals surface area contributed by atoms with E-state index in [4.69, 9.17) is 0 Å². The molecule has 0 aliphatic rings. The van der Waals surface area contributed by atoms with E-state index in [0.29, 0.717) is 15.9 Å². The van der Waals surface area contributed by atoms with Gasteiger partial charge >= 0.3 is 5.69 Å². The van der Waals surface area contributed by atoms with Crippen LogP contribution in [0.5, 0.6) is 0 Å². The van der Waals surface area contributed by atoms with E-state index in [1.807, 2.05) is 13.8 Å². The highest BCUT2D eigenvalue weighted by atomic mass is 32.1. The van der Waals surface area contributed by atoms with Crippen molar-refractivity contribution in [1.82, 2.24) is 9.13 Å². The molecule has 0 atom stereocenters. The molecule has 136 valence electrons. The van der Waals surface area contributed by atoms with Crippen molar-refractivity contribution in [3.8, 4) is 0 Å². The van der Waals surface area contributed by atoms with Gasteiger partial charge in [-0.2, -0.15) is 0 Å². The molecule has 1 aromatic carbocycles. The molecule has 0 radical (unpaired) electrons. The standard InChI is InChI=1S/C18H18FN3O3S/c1-11(2)9-22-17(24)16-14(7-8-26-16)21(18(22)25)10-15(23)20-13-5-3-12(19)4-6-13/h3-8,11H,9-10H2,1-2H3,(H,20,23). The van der Waals surface area contributed by atoms with Gasteiger partial charge in [-0.15, -0.1) is 11.3 Å². The second-order valence-electron chi connectivity index (χ2n) is 6.37. The average molecular weight is 375 g/mol. The zero-order chi connectivity index (χ0) is 18.8. The number of hydrogen-bond donors (Lipinski definition) is 1. The lowest BCUT2D eigenvalue weighted by atomic mass is 10.2. The first-order valence-electron chi connectivity index (χ1n) is 8.13. The Bertz CT molecular complexity index is 1060. The Morgan fingerprint density at radius 3 is 2.50 bits per heavy atom. The number of carbonyl (C=O) groups excluding carboxylic acids is 1. The molecule has 26 heavy (non-hydrogen) atoms. The van der Waals surface area contributed by atoms with Crippen molar-refractivity contribution >= 4 is 33.1 Å². The number of fused-ring (bicyclic) bond motifs is 1. The SMILES string of the molecule is CC(C)Cn1c(=O)c2sccc2n(CC(=O)Nc2ccc(F)cc2)c1=O. The van der Waals surface area contributed by atoms with Gasteiger partial charge in [0.15, 0.2) is 0 Å². The molecule has 1 amide bonds.